The van der Waals surface area contributed by atoms with E-state index in [1.165, 1.54) is 0 Å². The van der Waals surface area contributed by atoms with Crippen LogP contribution in [0, 0.1) is 0 Å². The van der Waals surface area contributed by atoms with Gasteiger partial charge in [0.25, 0.3) is 5.91 Å². The SMILES string of the molecule is O=C(NCCCO)c1ccc2c(-c3nc4ccccc4[nH]3)n[nH]c2c1. The number of hydrogen-bond donors (Lipinski definition) is 4. The number of para-hydroxylation sites is 2. The van der Waals surface area contributed by atoms with Crippen molar-refractivity contribution in [2.45, 2.75) is 6.42 Å². The molecule has 0 spiro atoms. The van der Waals surface area contributed by atoms with Crippen LogP contribution in [0.1, 0.15) is 16.8 Å². The van der Waals surface area contributed by atoms with Crippen LogP contribution in [0.2, 0.25) is 0 Å². The summed E-state index contributed by atoms with van der Waals surface area (Å²) in [5.74, 6) is 0.517. The van der Waals surface area contributed by atoms with Gasteiger partial charge in [-0.25, -0.2) is 4.98 Å². The van der Waals surface area contributed by atoms with E-state index in [1.54, 1.807) is 12.1 Å². The van der Waals surface area contributed by atoms with Gasteiger partial charge < -0.3 is 15.4 Å². The standard InChI is InChI=1S/C18H17N5O2/c24-9-3-8-19-18(25)11-6-7-12-15(10-11)22-23-16(12)17-20-13-4-1-2-5-14(13)21-17/h1-2,4-7,10,24H,3,8-9H2,(H,19,25)(H,20,21)(H,22,23). The molecule has 0 fully saturated rings. The normalized spacial score (nSPS) is 11.2. The molecule has 7 heteroatoms. The fraction of sp³-hybridized carbons (Fsp3) is 0.167. The van der Waals surface area contributed by atoms with Crippen molar-refractivity contribution in [1.82, 2.24) is 25.5 Å². The fourth-order valence-electron chi connectivity index (χ4n) is 2.79. The number of aromatic nitrogens is 4. The lowest BCUT2D eigenvalue weighted by Gasteiger charge is -2.04. The molecule has 1 amide bonds. The van der Waals surface area contributed by atoms with Gasteiger partial charge in [-0.2, -0.15) is 5.10 Å². The predicted octanol–water partition coefficient (Wildman–Crippen LogP) is 2.22. The van der Waals surface area contributed by atoms with Gasteiger partial charge in [-0.1, -0.05) is 12.1 Å². The van der Waals surface area contributed by atoms with Gasteiger partial charge >= 0.3 is 0 Å². The molecule has 25 heavy (non-hydrogen) atoms. The predicted molar refractivity (Wildman–Crippen MR) is 95.2 cm³/mol. The molecular formula is C18H17N5O2. The summed E-state index contributed by atoms with van der Waals surface area (Å²) >= 11 is 0. The number of aromatic amines is 2. The van der Waals surface area contributed by atoms with Crippen molar-refractivity contribution in [3.63, 3.8) is 0 Å². The number of fused-ring (bicyclic) bond motifs is 2. The van der Waals surface area contributed by atoms with E-state index in [0.717, 1.165) is 27.6 Å². The van der Waals surface area contributed by atoms with Crippen molar-refractivity contribution in [3.05, 3.63) is 48.0 Å². The quantitative estimate of drug-likeness (QED) is 0.419. The average Bonchev–Trinajstić information content (AvgIpc) is 3.24. The molecule has 0 saturated carbocycles. The third-order valence-corrected chi connectivity index (χ3v) is 4.06. The molecule has 0 aliphatic carbocycles. The maximum atomic E-state index is 12.1. The minimum atomic E-state index is -0.171. The molecular weight excluding hydrogens is 318 g/mol. The summed E-state index contributed by atoms with van der Waals surface area (Å²) in [6.07, 6.45) is 0.536. The van der Waals surface area contributed by atoms with Gasteiger partial charge in [0.2, 0.25) is 0 Å². The Morgan fingerprint density at radius 3 is 2.88 bits per heavy atom. The van der Waals surface area contributed by atoms with Gasteiger partial charge in [-0.05, 0) is 36.8 Å². The zero-order valence-corrected chi connectivity index (χ0v) is 13.4. The summed E-state index contributed by atoms with van der Waals surface area (Å²) in [5.41, 5.74) is 3.87. The number of imidazole rings is 1. The number of nitrogens with zero attached hydrogens (tertiary/aromatic N) is 2. The minimum Gasteiger partial charge on any atom is -0.396 e. The van der Waals surface area contributed by atoms with E-state index in [-0.39, 0.29) is 12.5 Å². The van der Waals surface area contributed by atoms with Gasteiger partial charge in [-0.3, -0.25) is 9.89 Å². The molecule has 0 unspecified atom stereocenters. The Kier molecular flexibility index (Phi) is 3.91. The molecule has 7 nitrogen and oxygen atoms in total. The van der Waals surface area contributed by atoms with Crippen LogP contribution < -0.4 is 5.32 Å². The molecule has 0 bridgehead atoms. The maximum Gasteiger partial charge on any atom is 0.251 e. The van der Waals surface area contributed by atoms with Gasteiger partial charge in [0.05, 0.1) is 16.6 Å². The number of H-pyrrole nitrogens is 2. The zero-order valence-electron chi connectivity index (χ0n) is 13.4. The number of aliphatic hydroxyl groups is 1. The molecule has 0 atom stereocenters. The van der Waals surface area contributed by atoms with Crippen LogP contribution in [0.5, 0.6) is 0 Å². The molecule has 4 N–H and O–H groups in total. The lowest BCUT2D eigenvalue weighted by Crippen LogP contribution is -2.24. The van der Waals surface area contributed by atoms with Crippen molar-refractivity contribution < 1.29 is 9.90 Å². The number of hydrogen-bond acceptors (Lipinski definition) is 4. The Bertz CT molecular complexity index is 1020. The summed E-state index contributed by atoms with van der Waals surface area (Å²) in [6.45, 7) is 0.501. The summed E-state index contributed by atoms with van der Waals surface area (Å²) in [5, 5.41) is 19.8. The number of carbonyl (C=O) groups excluding carboxylic acids is 1. The highest BCUT2D eigenvalue weighted by Crippen LogP contribution is 2.26. The molecule has 4 aromatic rings. The Balaban J connectivity index is 1.67. The van der Waals surface area contributed by atoms with Crippen molar-refractivity contribution in [1.29, 1.82) is 0 Å². The molecule has 126 valence electrons. The van der Waals surface area contributed by atoms with E-state index in [4.69, 9.17) is 5.11 Å². The largest absolute Gasteiger partial charge is 0.396 e. The maximum absolute atomic E-state index is 12.1. The second-order valence-electron chi connectivity index (χ2n) is 5.77. The van der Waals surface area contributed by atoms with Gasteiger partial charge in [0.15, 0.2) is 5.82 Å². The van der Waals surface area contributed by atoms with Crippen molar-refractivity contribution in [2.75, 3.05) is 13.2 Å². The van der Waals surface area contributed by atoms with Gasteiger partial charge in [0, 0.05) is 24.1 Å². The second kappa shape index (κ2) is 6.37. The van der Waals surface area contributed by atoms with E-state index in [9.17, 15) is 4.79 Å². The third-order valence-electron chi connectivity index (χ3n) is 4.06. The van der Waals surface area contributed by atoms with Crippen LogP contribution in [0.15, 0.2) is 42.5 Å². The van der Waals surface area contributed by atoms with Crippen LogP contribution in [0.4, 0.5) is 0 Å². The Labute approximate surface area is 143 Å². The molecule has 0 aliphatic rings. The summed E-state index contributed by atoms with van der Waals surface area (Å²) < 4.78 is 0. The highest BCUT2D eigenvalue weighted by Gasteiger charge is 2.14. The first kappa shape index (κ1) is 15.3. The monoisotopic (exact) mass is 335 g/mol. The smallest absolute Gasteiger partial charge is 0.251 e. The molecule has 2 heterocycles. The number of benzene rings is 2. The van der Waals surface area contributed by atoms with E-state index in [1.807, 2.05) is 30.3 Å². The molecule has 4 rings (SSSR count). The van der Waals surface area contributed by atoms with Crippen LogP contribution in [0.25, 0.3) is 33.5 Å². The van der Waals surface area contributed by atoms with Crippen molar-refractivity contribution >= 4 is 27.8 Å². The Morgan fingerprint density at radius 1 is 1.16 bits per heavy atom. The molecule has 2 aromatic heterocycles. The lowest BCUT2D eigenvalue weighted by atomic mass is 10.1. The molecule has 0 aliphatic heterocycles. The highest BCUT2D eigenvalue weighted by atomic mass is 16.3. The second-order valence-corrected chi connectivity index (χ2v) is 5.77. The fourth-order valence-corrected chi connectivity index (χ4v) is 2.79. The van der Waals surface area contributed by atoms with E-state index < -0.39 is 0 Å². The van der Waals surface area contributed by atoms with Crippen LogP contribution in [-0.4, -0.2) is 44.3 Å². The minimum absolute atomic E-state index is 0.0563. The third kappa shape index (κ3) is 2.85. The van der Waals surface area contributed by atoms with Crippen molar-refractivity contribution in [3.8, 4) is 11.5 Å². The molecule has 2 aromatic carbocycles. The summed E-state index contributed by atoms with van der Waals surface area (Å²) in [7, 11) is 0. The number of nitrogens with one attached hydrogen (secondary N) is 3. The first-order chi connectivity index (χ1) is 12.3. The van der Waals surface area contributed by atoms with Crippen LogP contribution >= 0.6 is 0 Å². The van der Waals surface area contributed by atoms with Crippen LogP contribution in [-0.2, 0) is 0 Å². The summed E-state index contributed by atoms with van der Waals surface area (Å²) in [4.78, 5) is 19.9. The average molecular weight is 335 g/mol. The first-order valence-corrected chi connectivity index (χ1v) is 8.08. The van der Waals surface area contributed by atoms with Crippen molar-refractivity contribution in [2.24, 2.45) is 0 Å². The number of aliphatic hydroxyl groups excluding tert-OH is 1. The Morgan fingerprint density at radius 2 is 2.04 bits per heavy atom. The number of amides is 1. The molecule has 0 saturated heterocycles. The molecule has 0 radical (unpaired) electrons. The highest BCUT2D eigenvalue weighted by molar-refractivity contribution is 6.00. The van der Waals surface area contributed by atoms with E-state index in [0.29, 0.717) is 24.4 Å². The Hall–Kier alpha value is -3.19. The first-order valence-electron chi connectivity index (χ1n) is 8.08. The van der Waals surface area contributed by atoms with E-state index >= 15 is 0 Å². The summed E-state index contributed by atoms with van der Waals surface area (Å²) in [6, 6.07) is 13.2. The number of carbonyl (C=O) groups is 1. The van der Waals surface area contributed by atoms with Crippen LogP contribution in [0.3, 0.4) is 0 Å². The zero-order chi connectivity index (χ0) is 17.2. The number of rotatable bonds is 5. The van der Waals surface area contributed by atoms with E-state index in [2.05, 4.69) is 25.5 Å². The van der Waals surface area contributed by atoms with Gasteiger partial charge in [0.1, 0.15) is 5.69 Å². The topological polar surface area (TPSA) is 107 Å². The lowest BCUT2D eigenvalue weighted by molar-refractivity contribution is 0.0951. The van der Waals surface area contributed by atoms with Gasteiger partial charge in [-0.15, -0.1) is 0 Å².